The highest BCUT2D eigenvalue weighted by molar-refractivity contribution is 5.29. The maximum Gasteiger partial charge on any atom is 0.128 e. The van der Waals surface area contributed by atoms with Gasteiger partial charge in [-0.25, -0.2) is 4.39 Å². The van der Waals surface area contributed by atoms with Crippen molar-refractivity contribution in [2.45, 2.75) is 43.7 Å². The van der Waals surface area contributed by atoms with Gasteiger partial charge in [-0.05, 0) is 43.7 Å². The van der Waals surface area contributed by atoms with E-state index < -0.39 is 5.54 Å². The molecule has 128 valence electrons. The number of ether oxygens (including phenoxy) is 1. The maximum atomic E-state index is 14.5. The van der Waals surface area contributed by atoms with Crippen LogP contribution < -0.4 is 5.48 Å². The van der Waals surface area contributed by atoms with E-state index >= 15 is 0 Å². The summed E-state index contributed by atoms with van der Waals surface area (Å²) < 4.78 is 20.6. The second-order valence-corrected chi connectivity index (χ2v) is 7.03. The lowest BCUT2D eigenvalue weighted by Gasteiger charge is -2.41. The lowest BCUT2D eigenvalue weighted by atomic mass is 9.69. The molecular weight excluding hydrogens is 305 g/mol. The lowest BCUT2D eigenvalue weighted by molar-refractivity contribution is -0.0170. The third-order valence-corrected chi connectivity index (χ3v) is 5.53. The van der Waals surface area contributed by atoms with E-state index in [-0.39, 0.29) is 11.9 Å². The first kappa shape index (κ1) is 16.0. The van der Waals surface area contributed by atoms with E-state index in [4.69, 9.17) is 9.57 Å². The standard InChI is InChI=1S/C20H24FNO2/c21-19-9-5-4-8-18(19)20-12-17(11-10-16(20)14-24-22-20)23-13-15-6-2-1-3-7-15/h2,4-9,16-17,22H,1,3,10-14H2/t16?,17?,20-/m1/s1. The van der Waals surface area contributed by atoms with E-state index in [1.807, 2.05) is 12.1 Å². The minimum absolute atomic E-state index is 0.117. The number of fused-ring (bicyclic) bond motifs is 1. The van der Waals surface area contributed by atoms with E-state index in [0.717, 1.165) is 32.1 Å². The molecule has 0 bridgehead atoms. The van der Waals surface area contributed by atoms with Gasteiger partial charge >= 0.3 is 0 Å². The second kappa shape index (κ2) is 6.79. The molecule has 4 heteroatoms. The van der Waals surface area contributed by atoms with E-state index in [0.29, 0.717) is 24.7 Å². The Balaban J connectivity index is 1.51. The van der Waals surface area contributed by atoms with Crippen molar-refractivity contribution in [3.63, 3.8) is 0 Å². The van der Waals surface area contributed by atoms with Crippen molar-refractivity contribution in [3.8, 4) is 0 Å². The predicted octanol–water partition coefficient (Wildman–Crippen LogP) is 4.02. The number of benzene rings is 1. The Hall–Kier alpha value is -1.49. The molecule has 4 rings (SSSR count). The fourth-order valence-corrected chi connectivity index (χ4v) is 4.22. The summed E-state index contributed by atoms with van der Waals surface area (Å²) in [6.45, 7) is 1.27. The van der Waals surface area contributed by atoms with Crippen molar-refractivity contribution in [2.75, 3.05) is 13.2 Å². The largest absolute Gasteiger partial charge is 0.373 e. The van der Waals surface area contributed by atoms with Crippen molar-refractivity contribution in [2.24, 2.45) is 5.92 Å². The molecular formula is C20H24FNO2. The van der Waals surface area contributed by atoms with Crippen LogP contribution in [-0.2, 0) is 15.1 Å². The zero-order valence-electron chi connectivity index (χ0n) is 13.8. The molecule has 1 heterocycles. The number of nitrogens with one attached hydrogen (secondary N) is 1. The highest BCUT2D eigenvalue weighted by Gasteiger charge is 2.50. The Morgan fingerprint density at radius 3 is 3.00 bits per heavy atom. The zero-order chi connectivity index (χ0) is 16.4. The van der Waals surface area contributed by atoms with Gasteiger partial charge in [0.25, 0.3) is 0 Å². The topological polar surface area (TPSA) is 30.5 Å². The van der Waals surface area contributed by atoms with Crippen LogP contribution in [0.2, 0.25) is 0 Å². The van der Waals surface area contributed by atoms with Crippen molar-refractivity contribution in [1.82, 2.24) is 5.48 Å². The van der Waals surface area contributed by atoms with Gasteiger partial charge < -0.3 is 9.57 Å². The number of hydroxylamine groups is 1. The van der Waals surface area contributed by atoms with Gasteiger partial charge in [-0.3, -0.25) is 0 Å². The molecule has 1 saturated carbocycles. The van der Waals surface area contributed by atoms with Crippen LogP contribution in [0.5, 0.6) is 0 Å². The van der Waals surface area contributed by atoms with E-state index in [1.165, 1.54) is 11.6 Å². The van der Waals surface area contributed by atoms with Gasteiger partial charge in [-0.2, -0.15) is 5.48 Å². The number of hydrogen-bond donors (Lipinski definition) is 1. The zero-order valence-corrected chi connectivity index (χ0v) is 13.8. The maximum absolute atomic E-state index is 14.5. The molecule has 1 aliphatic heterocycles. The number of halogens is 1. The van der Waals surface area contributed by atoms with Crippen LogP contribution in [0.1, 0.15) is 37.7 Å². The summed E-state index contributed by atoms with van der Waals surface area (Å²) in [5, 5.41) is 0. The molecule has 1 aromatic rings. The predicted molar refractivity (Wildman–Crippen MR) is 90.7 cm³/mol. The van der Waals surface area contributed by atoms with Crippen LogP contribution in [0.25, 0.3) is 0 Å². The molecule has 3 atom stereocenters. The van der Waals surface area contributed by atoms with Gasteiger partial charge in [0.05, 0.1) is 24.9 Å². The molecule has 1 aromatic carbocycles. The summed E-state index contributed by atoms with van der Waals surface area (Å²) in [6.07, 6.45) is 11.7. The van der Waals surface area contributed by atoms with Gasteiger partial charge in [0.1, 0.15) is 5.82 Å². The molecule has 0 spiro atoms. The van der Waals surface area contributed by atoms with Crippen molar-refractivity contribution < 1.29 is 14.0 Å². The Morgan fingerprint density at radius 2 is 2.17 bits per heavy atom. The molecule has 24 heavy (non-hydrogen) atoms. The molecule has 1 saturated heterocycles. The Labute approximate surface area is 142 Å². The summed E-state index contributed by atoms with van der Waals surface area (Å²) in [5.41, 5.74) is 4.64. The number of rotatable bonds is 4. The van der Waals surface area contributed by atoms with Crippen molar-refractivity contribution >= 4 is 0 Å². The second-order valence-electron chi connectivity index (χ2n) is 7.03. The van der Waals surface area contributed by atoms with Crippen LogP contribution in [0.15, 0.2) is 48.1 Å². The lowest BCUT2D eigenvalue weighted by Crippen LogP contribution is -2.48. The third kappa shape index (κ3) is 2.94. The first-order valence-corrected chi connectivity index (χ1v) is 8.89. The SMILES string of the molecule is Fc1ccccc1[C@@]12CC(OCC3=CCCC=C3)CCC1CON2. The Morgan fingerprint density at radius 1 is 1.25 bits per heavy atom. The number of hydrogen-bond acceptors (Lipinski definition) is 3. The third-order valence-electron chi connectivity index (χ3n) is 5.53. The Kier molecular flexibility index (Phi) is 4.53. The van der Waals surface area contributed by atoms with E-state index in [9.17, 15) is 4.39 Å². The van der Waals surface area contributed by atoms with Crippen LogP contribution in [0.3, 0.4) is 0 Å². The number of allylic oxidation sites excluding steroid dienone is 2. The summed E-state index contributed by atoms with van der Waals surface area (Å²) in [5.74, 6) is 0.127. The van der Waals surface area contributed by atoms with E-state index in [2.05, 4.69) is 23.7 Å². The smallest absolute Gasteiger partial charge is 0.128 e. The molecule has 3 nitrogen and oxygen atoms in total. The van der Waals surface area contributed by atoms with Gasteiger partial charge in [0.15, 0.2) is 0 Å². The van der Waals surface area contributed by atoms with Gasteiger partial charge in [0, 0.05) is 11.5 Å². The average Bonchev–Trinajstić information content (AvgIpc) is 3.05. The summed E-state index contributed by atoms with van der Waals surface area (Å²) in [7, 11) is 0. The van der Waals surface area contributed by atoms with Crippen LogP contribution in [0, 0.1) is 11.7 Å². The first-order valence-electron chi connectivity index (χ1n) is 8.89. The van der Waals surface area contributed by atoms with Crippen LogP contribution in [0.4, 0.5) is 4.39 Å². The molecule has 2 unspecified atom stereocenters. The molecule has 2 fully saturated rings. The summed E-state index contributed by atoms with van der Waals surface area (Å²) in [6, 6.07) is 7.04. The minimum atomic E-state index is -0.467. The van der Waals surface area contributed by atoms with E-state index in [1.54, 1.807) is 6.07 Å². The molecule has 0 radical (unpaired) electrons. The normalized spacial score (nSPS) is 32.5. The first-order chi connectivity index (χ1) is 11.8. The molecule has 1 N–H and O–H groups in total. The van der Waals surface area contributed by atoms with Crippen LogP contribution >= 0.6 is 0 Å². The highest BCUT2D eigenvalue weighted by Crippen LogP contribution is 2.46. The van der Waals surface area contributed by atoms with Crippen LogP contribution in [-0.4, -0.2) is 19.3 Å². The fourth-order valence-electron chi connectivity index (χ4n) is 4.22. The van der Waals surface area contributed by atoms with Crippen molar-refractivity contribution in [3.05, 3.63) is 59.4 Å². The van der Waals surface area contributed by atoms with Crippen molar-refractivity contribution in [1.29, 1.82) is 0 Å². The highest BCUT2D eigenvalue weighted by atomic mass is 19.1. The van der Waals surface area contributed by atoms with Gasteiger partial charge in [-0.15, -0.1) is 0 Å². The average molecular weight is 329 g/mol. The molecule has 0 amide bonds. The van der Waals surface area contributed by atoms with Gasteiger partial charge in [0.2, 0.25) is 0 Å². The monoisotopic (exact) mass is 329 g/mol. The van der Waals surface area contributed by atoms with Gasteiger partial charge in [-0.1, -0.05) is 36.4 Å². The fraction of sp³-hybridized carbons (Fsp3) is 0.500. The quantitative estimate of drug-likeness (QED) is 0.905. The summed E-state index contributed by atoms with van der Waals surface area (Å²) >= 11 is 0. The summed E-state index contributed by atoms with van der Waals surface area (Å²) in [4.78, 5) is 5.55. The molecule has 2 aliphatic carbocycles. The minimum Gasteiger partial charge on any atom is -0.373 e. The Bertz CT molecular complexity index is 657. The molecule has 0 aromatic heterocycles. The molecule has 3 aliphatic rings.